The third-order valence-corrected chi connectivity index (χ3v) is 5.92. The zero-order chi connectivity index (χ0) is 16.0. The quantitative estimate of drug-likeness (QED) is 0.866. The highest BCUT2D eigenvalue weighted by atomic mass is 32.1. The number of nitrogens with zero attached hydrogens (tertiary/aromatic N) is 2. The summed E-state index contributed by atoms with van der Waals surface area (Å²) in [4.78, 5) is 19.3. The van der Waals surface area contributed by atoms with Crippen molar-refractivity contribution in [1.82, 2.24) is 9.88 Å². The van der Waals surface area contributed by atoms with Gasteiger partial charge in [0.25, 0.3) is 5.91 Å². The van der Waals surface area contributed by atoms with Gasteiger partial charge in [-0.25, -0.2) is 4.98 Å². The molecule has 0 bridgehead atoms. The maximum atomic E-state index is 12.9. The van der Waals surface area contributed by atoms with Crippen LogP contribution in [0.4, 0.5) is 0 Å². The molecule has 0 radical (unpaired) electrons. The van der Waals surface area contributed by atoms with Crippen LogP contribution in [0.3, 0.4) is 0 Å². The molecule has 122 valence electrons. The number of aryl methyl sites for hydroxylation is 1. The number of likely N-dealkylation sites (tertiary alicyclic amines) is 1. The molecule has 23 heavy (non-hydrogen) atoms. The lowest BCUT2D eigenvalue weighted by atomic mass is 9.82. The number of rotatable bonds is 3. The number of ether oxygens (including phenoxy) is 2. The zero-order valence-electron chi connectivity index (χ0n) is 13.4. The van der Waals surface area contributed by atoms with E-state index >= 15 is 0 Å². The first-order chi connectivity index (χ1) is 11.1. The lowest BCUT2D eigenvalue weighted by Gasteiger charge is -2.26. The van der Waals surface area contributed by atoms with E-state index in [9.17, 15) is 4.79 Å². The number of thiazole rings is 1. The summed E-state index contributed by atoms with van der Waals surface area (Å²) in [6, 6.07) is 5.80. The molecule has 0 spiro atoms. The second kappa shape index (κ2) is 5.54. The first-order valence-electron chi connectivity index (χ1n) is 7.84. The van der Waals surface area contributed by atoms with Crippen molar-refractivity contribution in [2.24, 2.45) is 11.3 Å². The summed E-state index contributed by atoms with van der Waals surface area (Å²) >= 11 is 1.63. The van der Waals surface area contributed by atoms with Gasteiger partial charge in [-0.15, -0.1) is 11.3 Å². The van der Waals surface area contributed by atoms with E-state index in [2.05, 4.69) is 4.98 Å². The summed E-state index contributed by atoms with van der Waals surface area (Å²) in [5.41, 5.74) is 1.68. The van der Waals surface area contributed by atoms with Gasteiger partial charge < -0.3 is 14.4 Å². The van der Waals surface area contributed by atoms with Crippen LogP contribution < -0.4 is 0 Å². The number of benzene rings is 1. The average molecular weight is 332 g/mol. The summed E-state index contributed by atoms with van der Waals surface area (Å²) in [6.07, 6.45) is 0. The number of hydrogen-bond acceptors (Lipinski definition) is 5. The second-order valence-electron chi connectivity index (χ2n) is 6.61. The van der Waals surface area contributed by atoms with Gasteiger partial charge in [0.05, 0.1) is 35.0 Å². The third-order valence-electron chi connectivity index (χ3n) is 4.98. The van der Waals surface area contributed by atoms with E-state index in [4.69, 9.17) is 9.47 Å². The molecular weight excluding hydrogens is 312 g/mol. The first-order valence-corrected chi connectivity index (χ1v) is 8.66. The lowest BCUT2D eigenvalue weighted by Crippen LogP contribution is -2.37. The SMILES string of the molecule is COC[C@@]12COC[C@@H]1CN(C(=O)c1ccc3nc(C)sc3c1)C2. The van der Waals surface area contributed by atoms with Crippen molar-refractivity contribution < 1.29 is 14.3 Å². The predicted octanol–water partition coefficient (Wildman–Crippen LogP) is 2.34. The molecule has 4 rings (SSSR count). The highest BCUT2D eigenvalue weighted by Gasteiger charge is 2.51. The summed E-state index contributed by atoms with van der Waals surface area (Å²) < 4.78 is 12.1. The Bertz CT molecular complexity index is 759. The van der Waals surface area contributed by atoms with Crippen LogP contribution in [0.1, 0.15) is 15.4 Å². The standard InChI is InChI=1S/C17H20N2O3S/c1-11-18-14-4-3-12(5-15(14)23-11)16(20)19-6-13-7-22-10-17(13,8-19)9-21-2/h3-5,13H,6-10H2,1-2H3/t13-,17-/m0/s1. The Labute approximate surface area is 139 Å². The van der Waals surface area contributed by atoms with Crippen molar-refractivity contribution in [3.8, 4) is 0 Å². The zero-order valence-corrected chi connectivity index (χ0v) is 14.2. The molecular formula is C17H20N2O3S. The molecule has 2 saturated heterocycles. The number of fused-ring (bicyclic) bond motifs is 2. The molecule has 2 atom stereocenters. The normalized spacial score (nSPS) is 26.9. The van der Waals surface area contributed by atoms with Crippen molar-refractivity contribution in [3.63, 3.8) is 0 Å². The maximum Gasteiger partial charge on any atom is 0.253 e. The van der Waals surface area contributed by atoms with E-state index in [-0.39, 0.29) is 11.3 Å². The Morgan fingerprint density at radius 1 is 1.57 bits per heavy atom. The third kappa shape index (κ3) is 2.45. The van der Waals surface area contributed by atoms with Gasteiger partial charge in [-0.2, -0.15) is 0 Å². The molecule has 1 aromatic carbocycles. The highest BCUT2D eigenvalue weighted by molar-refractivity contribution is 7.18. The predicted molar refractivity (Wildman–Crippen MR) is 88.9 cm³/mol. The lowest BCUT2D eigenvalue weighted by molar-refractivity contribution is 0.0489. The van der Waals surface area contributed by atoms with Gasteiger partial charge in [-0.05, 0) is 25.1 Å². The Hall–Kier alpha value is -1.50. The van der Waals surface area contributed by atoms with Gasteiger partial charge in [-0.1, -0.05) is 0 Å². The van der Waals surface area contributed by atoms with Crippen molar-refractivity contribution in [1.29, 1.82) is 0 Å². The molecule has 2 aliphatic rings. The van der Waals surface area contributed by atoms with Crippen LogP contribution in [-0.2, 0) is 9.47 Å². The summed E-state index contributed by atoms with van der Waals surface area (Å²) in [5, 5.41) is 1.02. The summed E-state index contributed by atoms with van der Waals surface area (Å²) in [7, 11) is 1.72. The van der Waals surface area contributed by atoms with E-state index in [1.807, 2.05) is 30.0 Å². The second-order valence-corrected chi connectivity index (χ2v) is 7.84. The number of aromatic nitrogens is 1. The fourth-order valence-corrected chi connectivity index (χ4v) is 4.70. The van der Waals surface area contributed by atoms with Gasteiger partial charge in [0.15, 0.2) is 0 Å². The van der Waals surface area contributed by atoms with Crippen molar-refractivity contribution in [3.05, 3.63) is 28.8 Å². The van der Waals surface area contributed by atoms with E-state index in [0.717, 1.165) is 33.9 Å². The molecule has 0 N–H and O–H groups in total. The van der Waals surface area contributed by atoms with Crippen LogP contribution in [0.15, 0.2) is 18.2 Å². The summed E-state index contributed by atoms with van der Waals surface area (Å²) in [5.74, 6) is 0.476. The minimum absolute atomic E-state index is 0.0322. The average Bonchev–Trinajstić information content (AvgIpc) is 3.16. The molecule has 5 nitrogen and oxygen atoms in total. The maximum absolute atomic E-state index is 12.9. The van der Waals surface area contributed by atoms with Crippen LogP contribution in [0, 0.1) is 18.3 Å². The minimum atomic E-state index is -0.0322. The largest absolute Gasteiger partial charge is 0.384 e. The number of carbonyl (C=O) groups is 1. The van der Waals surface area contributed by atoms with Gasteiger partial charge >= 0.3 is 0 Å². The highest BCUT2D eigenvalue weighted by Crippen LogP contribution is 2.42. The fraction of sp³-hybridized carbons (Fsp3) is 0.529. The number of carbonyl (C=O) groups excluding carboxylic acids is 1. The first kappa shape index (κ1) is 15.1. The minimum Gasteiger partial charge on any atom is -0.384 e. The number of methoxy groups -OCH3 is 1. The van der Waals surface area contributed by atoms with Crippen LogP contribution in [-0.4, -0.2) is 55.8 Å². The Kier molecular flexibility index (Phi) is 3.63. The van der Waals surface area contributed by atoms with Crippen LogP contribution in [0.2, 0.25) is 0 Å². The van der Waals surface area contributed by atoms with Gasteiger partial charge in [0.2, 0.25) is 0 Å². The molecule has 1 amide bonds. The molecule has 0 unspecified atom stereocenters. The van der Waals surface area contributed by atoms with Crippen LogP contribution >= 0.6 is 11.3 Å². The Morgan fingerprint density at radius 2 is 2.43 bits per heavy atom. The number of amides is 1. The Balaban J connectivity index is 1.59. The van der Waals surface area contributed by atoms with E-state index in [0.29, 0.717) is 25.7 Å². The fourth-order valence-electron chi connectivity index (χ4n) is 3.83. The van der Waals surface area contributed by atoms with Crippen LogP contribution in [0.5, 0.6) is 0 Å². The molecule has 2 fully saturated rings. The monoisotopic (exact) mass is 332 g/mol. The van der Waals surface area contributed by atoms with E-state index in [1.165, 1.54) is 0 Å². The number of hydrogen-bond donors (Lipinski definition) is 0. The van der Waals surface area contributed by atoms with Crippen LogP contribution in [0.25, 0.3) is 10.2 Å². The molecule has 0 aliphatic carbocycles. The van der Waals surface area contributed by atoms with E-state index in [1.54, 1.807) is 18.4 Å². The molecule has 2 aliphatic heterocycles. The van der Waals surface area contributed by atoms with Crippen molar-refractivity contribution in [2.75, 3.05) is 40.0 Å². The summed E-state index contributed by atoms with van der Waals surface area (Å²) in [6.45, 7) is 5.51. The smallest absolute Gasteiger partial charge is 0.253 e. The Morgan fingerprint density at radius 3 is 3.26 bits per heavy atom. The van der Waals surface area contributed by atoms with Gasteiger partial charge in [0, 0.05) is 37.1 Å². The topological polar surface area (TPSA) is 51.7 Å². The molecule has 3 heterocycles. The molecule has 1 aromatic heterocycles. The molecule has 2 aromatic rings. The molecule has 0 saturated carbocycles. The van der Waals surface area contributed by atoms with E-state index < -0.39 is 0 Å². The van der Waals surface area contributed by atoms with Gasteiger partial charge in [-0.3, -0.25) is 4.79 Å². The van der Waals surface area contributed by atoms with Gasteiger partial charge in [0.1, 0.15) is 0 Å². The van der Waals surface area contributed by atoms with Crippen molar-refractivity contribution in [2.45, 2.75) is 6.92 Å². The molecule has 6 heteroatoms. The van der Waals surface area contributed by atoms with Crippen molar-refractivity contribution >= 4 is 27.5 Å².